The third-order valence-corrected chi connectivity index (χ3v) is 6.20. The average Bonchev–Trinajstić information content (AvgIpc) is 2.69. The summed E-state index contributed by atoms with van der Waals surface area (Å²) in [5, 5.41) is 3.10. The SMILES string of the molecule is C[C@@H](Sc1nc(CN2CCOCC2)nc2ccccc12)c1ccccc1Cl. The highest BCUT2D eigenvalue weighted by Gasteiger charge is 2.17. The van der Waals surface area contributed by atoms with Crippen LogP contribution in [0.15, 0.2) is 53.6 Å². The van der Waals surface area contributed by atoms with Crippen LogP contribution in [0, 0.1) is 0 Å². The molecule has 0 saturated carbocycles. The number of halogens is 1. The van der Waals surface area contributed by atoms with Crippen molar-refractivity contribution in [3.8, 4) is 0 Å². The van der Waals surface area contributed by atoms with Gasteiger partial charge in [0.2, 0.25) is 0 Å². The second-order valence-corrected chi connectivity index (χ2v) is 8.37. The second-order valence-electron chi connectivity index (χ2n) is 6.63. The number of para-hydroxylation sites is 1. The van der Waals surface area contributed by atoms with E-state index < -0.39 is 0 Å². The minimum Gasteiger partial charge on any atom is -0.379 e. The van der Waals surface area contributed by atoms with Gasteiger partial charge in [-0.1, -0.05) is 59.8 Å². The summed E-state index contributed by atoms with van der Waals surface area (Å²) in [5.41, 5.74) is 2.12. The Bertz CT molecular complexity index is 930. The summed E-state index contributed by atoms with van der Waals surface area (Å²) in [5.74, 6) is 0.865. The van der Waals surface area contributed by atoms with Crippen molar-refractivity contribution in [3.63, 3.8) is 0 Å². The van der Waals surface area contributed by atoms with E-state index in [4.69, 9.17) is 26.3 Å². The van der Waals surface area contributed by atoms with Crippen LogP contribution in [0.1, 0.15) is 23.6 Å². The van der Waals surface area contributed by atoms with E-state index in [1.54, 1.807) is 11.8 Å². The molecule has 2 heterocycles. The van der Waals surface area contributed by atoms with Gasteiger partial charge in [-0.05, 0) is 24.6 Å². The zero-order chi connectivity index (χ0) is 18.6. The van der Waals surface area contributed by atoms with E-state index in [1.807, 2.05) is 30.3 Å². The molecule has 4 rings (SSSR count). The molecule has 2 aromatic carbocycles. The summed E-state index contributed by atoms with van der Waals surface area (Å²) in [4.78, 5) is 12.1. The fourth-order valence-electron chi connectivity index (χ4n) is 3.25. The van der Waals surface area contributed by atoms with Crippen LogP contribution in [-0.2, 0) is 11.3 Å². The van der Waals surface area contributed by atoms with Gasteiger partial charge in [-0.2, -0.15) is 0 Å². The molecule has 1 atom stereocenters. The van der Waals surface area contributed by atoms with E-state index in [-0.39, 0.29) is 5.25 Å². The summed E-state index contributed by atoms with van der Waals surface area (Å²) < 4.78 is 5.45. The van der Waals surface area contributed by atoms with Crippen LogP contribution in [0.5, 0.6) is 0 Å². The Hall–Kier alpha value is -1.66. The Balaban J connectivity index is 1.64. The number of morpholine rings is 1. The molecule has 0 unspecified atom stereocenters. The zero-order valence-corrected chi connectivity index (χ0v) is 16.8. The first-order valence-electron chi connectivity index (χ1n) is 9.17. The van der Waals surface area contributed by atoms with E-state index in [1.165, 1.54) is 0 Å². The first-order valence-corrected chi connectivity index (χ1v) is 10.4. The van der Waals surface area contributed by atoms with Gasteiger partial charge in [0.15, 0.2) is 0 Å². The highest BCUT2D eigenvalue weighted by molar-refractivity contribution is 7.99. The minimum absolute atomic E-state index is 0.202. The molecule has 0 bridgehead atoms. The third kappa shape index (κ3) is 4.43. The summed E-state index contributed by atoms with van der Waals surface area (Å²) in [7, 11) is 0. The molecule has 1 aromatic heterocycles. The van der Waals surface area contributed by atoms with Gasteiger partial charge in [-0.25, -0.2) is 9.97 Å². The predicted molar refractivity (Wildman–Crippen MR) is 111 cm³/mol. The highest BCUT2D eigenvalue weighted by atomic mass is 35.5. The van der Waals surface area contributed by atoms with E-state index in [0.717, 1.165) is 65.2 Å². The summed E-state index contributed by atoms with van der Waals surface area (Å²) in [6, 6.07) is 16.2. The van der Waals surface area contributed by atoms with Crippen molar-refractivity contribution in [2.45, 2.75) is 23.7 Å². The van der Waals surface area contributed by atoms with Gasteiger partial charge < -0.3 is 4.74 Å². The van der Waals surface area contributed by atoms with E-state index in [2.05, 4.69) is 30.0 Å². The Kier molecular flexibility index (Phi) is 5.93. The Morgan fingerprint density at radius 2 is 1.81 bits per heavy atom. The van der Waals surface area contributed by atoms with Crippen LogP contribution < -0.4 is 0 Å². The molecular formula is C21H22ClN3OS. The molecule has 0 aliphatic carbocycles. The van der Waals surface area contributed by atoms with Crippen molar-refractivity contribution in [3.05, 3.63) is 64.9 Å². The van der Waals surface area contributed by atoms with Crippen molar-refractivity contribution < 1.29 is 4.74 Å². The fraction of sp³-hybridized carbons (Fsp3) is 0.333. The van der Waals surface area contributed by atoms with Crippen LogP contribution in [0.2, 0.25) is 5.02 Å². The van der Waals surface area contributed by atoms with Gasteiger partial charge in [0.1, 0.15) is 10.9 Å². The van der Waals surface area contributed by atoms with Crippen LogP contribution in [0.25, 0.3) is 10.9 Å². The summed E-state index contributed by atoms with van der Waals surface area (Å²) >= 11 is 8.14. The van der Waals surface area contributed by atoms with E-state index in [9.17, 15) is 0 Å². The Labute approximate surface area is 168 Å². The Morgan fingerprint density at radius 1 is 1.07 bits per heavy atom. The maximum Gasteiger partial charge on any atom is 0.144 e. The molecule has 3 aromatic rings. The molecule has 0 amide bonds. The second kappa shape index (κ2) is 8.57. The molecule has 0 radical (unpaired) electrons. The van der Waals surface area contributed by atoms with Gasteiger partial charge in [0.05, 0.1) is 25.3 Å². The molecule has 1 aliphatic heterocycles. The number of ether oxygens (including phenoxy) is 1. The van der Waals surface area contributed by atoms with Crippen LogP contribution in [0.4, 0.5) is 0 Å². The van der Waals surface area contributed by atoms with Gasteiger partial charge in [0.25, 0.3) is 0 Å². The van der Waals surface area contributed by atoms with Gasteiger partial charge in [0, 0.05) is 28.7 Å². The standard InChI is InChI=1S/C21H22ClN3OS/c1-15(16-6-2-4-8-18(16)22)27-21-17-7-3-5-9-19(17)23-20(24-21)14-25-10-12-26-13-11-25/h2-9,15H,10-14H2,1H3/t15-/m1/s1. The molecular weight excluding hydrogens is 378 g/mol. The molecule has 0 spiro atoms. The number of nitrogens with zero attached hydrogens (tertiary/aromatic N) is 3. The number of thioether (sulfide) groups is 1. The van der Waals surface area contributed by atoms with Gasteiger partial charge in [-0.3, -0.25) is 4.90 Å². The third-order valence-electron chi connectivity index (χ3n) is 4.71. The van der Waals surface area contributed by atoms with Crippen LogP contribution >= 0.6 is 23.4 Å². The lowest BCUT2D eigenvalue weighted by atomic mass is 10.2. The highest BCUT2D eigenvalue weighted by Crippen LogP contribution is 2.39. The summed E-state index contributed by atoms with van der Waals surface area (Å²) in [6.45, 7) is 6.33. The topological polar surface area (TPSA) is 38.2 Å². The first kappa shape index (κ1) is 18.7. The summed E-state index contributed by atoms with van der Waals surface area (Å²) in [6.07, 6.45) is 0. The maximum absolute atomic E-state index is 6.40. The number of benzene rings is 2. The van der Waals surface area contributed by atoms with Crippen molar-refractivity contribution >= 4 is 34.3 Å². The molecule has 27 heavy (non-hydrogen) atoms. The van der Waals surface area contributed by atoms with Crippen LogP contribution in [0.3, 0.4) is 0 Å². The van der Waals surface area contributed by atoms with E-state index >= 15 is 0 Å². The zero-order valence-electron chi connectivity index (χ0n) is 15.3. The van der Waals surface area contributed by atoms with Crippen molar-refractivity contribution in [2.75, 3.05) is 26.3 Å². The fourth-order valence-corrected chi connectivity index (χ4v) is 4.74. The van der Waals surface area contributed by atoms with Gasteiger partial charge >= 0.3 is 0 Å². The molecule has 1 saturated heterocycles. The van der Waals surface area contributed by atoms with E-state index in [0.29, 0.717) is 0 Å². The van der Waals surface area contributed by atoms with Crippen molar-refractivity contribution in [1.82, 2.24) is 14.9 Å². The first-order chi connectivity index (χ1) is 13.2. The molecule has 4 nitrogen and oxygen atoms in total. The quantitative estimate of drug-likeness (QED) is 0.447. The monoisotopic (exact) mass is 399 g/mol. The number of hydrogen-bond donors (Lipinski definition) is 0. The smallest absolute Gasteiger partial charge is 0.144 e. The van der Waals surface area contributed by atoms with Crippen molar-refractivity contribution in [1.29, 1.82) is 0 Å². The normalized spacial score (nSPS) is 16.5. The van der Waals surface area contributed by atoms with Gasteiger partial charge in [-0.15, -0.1) is 0 Å². The lowest BCUT2D eigenvalue weighted by Gasteiger charge is -2.26. The number of aromatic nitrogens is 2. The molecule has 0 N–H and O–H groups in total. The average molecular weight is 400 g/mol. The lowest BCUT2D eigenvalue weighted by Crippen LogP contribution is -2.36. The molecule has 140 valence electrons. The van der Waals surface area contributed by atoms with Crippen LogP contribution in [-0.4, -0.2) is 41.2 Å². The van der Waals surface area contributed by atoms with Crippen molar-refractivity contribution in [2.24, 2.45) is 0 Å². The molecule has 1 aliphatic rings. The lowest BCUT2D eigenvalue weighted by molar-refractivity contribution is 0.0330. The number of hydrogen-bond acceptors (Lipinski definition) is 5. The molecule has 1 fully saturated rings. The number of fused-ring (bicyclic) bond motifs is 1. The number of rotatable bonds is 5. The maximum atomic E-state index is 6.40. The minimum atomic E-state index is 0.202. The largest absolute Gasteiger partial charge is 0.379 e. The predicted octanol–water partition coefficient (Wildman–Crippen LogP) is 4.97. The Morgan fingerprint density at radius 3 is 2.63 bits per heavy atom. The molecule has 6 heteroatoms.